The van der Waals surface area contributed by atoms with Crippen molar-refractivity contribution in [3.8, 4) is 5.88 Å². The molecule has 1 N–H and O–H groups in total. The lowest BCUT2D eigenvalue weighted by Gasteiger charge is -2.07. The lowest BCUT2D eigenvalue weighted by atomic mass is 10.1. The van der Waals surface area contributed by atoms with Gasteiger partial charge in [-0.05, 0) is 30.2 Å². The minimum atomic E-state index is -0.555. The van der Waals surface area contributed by atoms with Crippen LogP contribution < -0.4 is 10.1 Å². The number of nitrogens with one attached hydrogen (secondary N) is 1. The topological polar surface area (TPSA) is 34.1 Å². The Morgan fingerprint density at radius 1 is 1.16 bits per heavy atom. The molecule has 0 spiro atoms. The quantitative estimate of drug-likeness (QED) is 0.901. The smallest absolute Gasteiger partial charge is 0.214 e. The first kappa shape index (κ1) is 13.3. The minimum absolute atomic E-state index is 0.516. The molecule has 0 atom stereocenters. The van der Waals surface area contributed by atoms with Gasteiger partial charge in [0, 0.05) is 30.6 Å². The first-order valence-electron chi connectivity index (χ1n) is 5.86. The number of benzene rings is 1. The van der Waals surface area contributed by atoms with E-state index in [9.17, 15) is 8.78 Å². The van der Waals surface area contributed by atoms with E-state index < -0.39 is 11.6 Å². The maximum absolute atomic E-state index is 13.0. The molecule has 0 radical (unpaired) electrons. The molecule has 0 bridgehead atoms. The molecule has 2 rings (SSSR count). The van der Waals surface area contributed by atoms with Crippen LogP contribution in [0.3, 0.4) is 0 Å². The summed E-state index contributed by atoms with van der Waals surface area (Å²) in [4.78, 5) is 3.99. The SMILES string of the molecule is COc1cc(NCCc2cc(F)cc(F)c2)ccn1. The van der Waals surface area contributed by atoms with Crippen molar-refractivity contribution in [1.82, 2.24) is 4.98 Å². The van der Waals surface area contributed by atoms with Gasteiger partial charge in [-0.25, -0.2) is 13.8 Å². The van der Waals surface area contributed by atoms with Gasteiger partial charge in [-0.15, -0.1) is 0 Å². The van der Waals surface area contributed by atoms with Crippen LogP contribution in [0.2, 0.25) is 0 Å². The number of hydrogen-bond donors (Lipinski definition) is 1. The number of anilines is 1. The van der Waals surface area contributed by atoms with Crippen LogP contribution >= 0.6 is 0 Å². The second kappa shape index (κ2) is 6.13. The fraction of sp³-hybridized carbons (Fsp3) is 0.214. The summed E-state index contributed by atoms with van der Waals surface area (Å²) in [7, 11) is 1.54. The van der Waals surface area contributed by atoms with Crippen LogP contribution in [-0.4, -0.2) is 18.6 Å². The molecule has 0 fully saturated rings. The molecule has 0 saturated carbocycles. The number of nitrogens with zero attached hydrogens (tertiary/aromatic N) is 1. The average molecular weight is 264 g/mol. The summed E-state index contributed by atoms with van der Waals surface area (Å²) in [6.07, 6.45) is 2.16. The summed E-state index contributed by atoms with van der Waals surface area (Å²) in [5.41, 5.74) is 1.47. The van der Waals surface area contributed by atoms with E-state index in [-0.39, 0.29) is 0 Å². The number of aromatic nitrogens is 1. The summed E-state index contributed by atoms with van der Waals surface area (Å²) < 4.78 is 31.0. The predicted octanol–water partition coefficient (Wildman–Crippen LogP) is 3.02. The van der Waals surface area contributed by atoms with Gasteiger partial charge in [-0.1, -0.05) is 0 Å². The molecule has 0 aliphatic heterocycles. The predicted molar refractivity (Wildman–Crippen MR) is 69.3 cm³/mol. The molecule has 0 aliphatic carbocycles. The Morgan fingerprint density at radius 3 is 2.58 bits per heavy atom. The van der Waals surface area contributed by atoms with Gasteiger partial charge in [-0.2, -0.15) is 0 Å². The highest BCUT2D eigenvalue weighted by Crippen LogP contribution is 2.14. The van der Waals surface area contributed by atoms with E-state index in [1.54, 1.807) is 25.4 Å². The van der Waals surface area contributed by atoms with Crippen LogP contribution in [0.5, 0.6) is 5.88 Å². The molecule has 19 heavy (non-hydrogen) atoms. The Hall–Kier alpha value is -2.17. The van der Waals surface area contributed by atoms with Gasteiger partial charge in [0.05, 0.1) is 7.11 Å². The van der Waals surface area contributed by atoms with Gasteiger partial charge >= 0.3 is 0 Å². The summed E-state index contributed by atoms with van der Waals surface area (Å²) in [6.45, 7) is 0.566. The van der Waals surface area contributed by atoms with Crippen LogP contribution in [0.25, 0.3) is 0 Å². The highest BCUT2D eigenvalue weighted by atomic mass is 19.1. The number of rotatable bonds is 5. The van der Waals surface area contributed by atoms with E-state index >= 15 is 0 Å². The van der Waals surface area contributed by atoms with Crippen molar-refractivity contribution < 1.29 is 13.5 Å². The summed E-state index contributed by atoms with van der Waals surface area (Å²) >= 11 is 0. The summed E-state index contributed by atoms with van der Waals surface area (Å²) in [6, 6.07) is 7.08. The van der Waals surface area contributed by atoms with Gasteiger partial charge in [0.1, 0.15) is 11.6 Å². The second-order valence-electron chi connectivity index (χ2n) is 4.04. The molecule has 100 valence electrons. The zero-order valence-electron chi connectivity index (χ0n) is 10.5. The monoisotopic (exact) mass is 264 g/mol. The molecule has 0 saturated heterocycles. The Morgan fingerprint density at radius 2 is 1.89 bits per heavy atom. The number of hydrogen-bond acceptors (Lipinski definition) is 3. The minimum Gasteiger partial charge on any atom is -0.481 e. The molecule has 3 nitrogen and oxygen atoms in total. The first-order valence-corrected chi connectivity index (χ1v) is 5.86. The summed E-state index contributed by atoms with van der Waals surface area (Å²) in [5, 5.41) is 3.14. The Kier molecular flexibility index (Phi) is 4.28. The Bertz CT molecular complexity index is 541. The van der Waals surface area contributed by atoms with Crippen molar-refractivity contribution >= 4 is 5.69 Å². The molecule has 5 heteroatoms. The second-order valence-corrected chi connectivity index (χ2v) is 4.04. The van der Waals surface area contributed by atoms with E-state index in [0.717, 1.165) is 11.8 Å². The zero-order valence-corrected chi connectivity index (χ0v) is 10.5. The van der Waals surface area contributed by atoms with Gasteiger partial charge in [-0.3, -0.25) is 0 Å². The molecule has 2 aromatic rings. The number of methoxy groups -OCH3 is 1. The normalized spacial score (nSPS) is 10.3. The van der Waals surface area contributed by atoms with Gasteiger partial charge in [0.25, 0.3) is 0 Å². The molecular weight excluding hydrogens is 250 g/mol. The van der Waals surface area contributed by atoms with Crippen LogP contribution in [0.4, 0.5) is 14.5 Å². The molecule has 1 aromatic carbocycles. The van der Waals surface area contributed by atoms with E-state index in [0.29, 0.717) is 24.4 Å². The third-order valence-corrected chi connectivity index (χ3v) is 2.61. The molecule has 0 unspecified atom stereocenters. The fourth-order valence-corrected chi connectivity index (χ4v) is 1.74. The van der Waals surface area contributed by atoms with Crippen molar-refractivity contribution in [2.75, 3.05) is 19.0 Å². The van der Waals surface area contributed by atoms with Gasteiger partial charge in [0.15, 0.2) is 0 Å². The van der Waals surface area contributed by atoms with Crippen molar-refractivity contribution in [2.45, 2.75) is 6.42 Å². The average Bonchev–Trinajstić information content (AvgIpc) is 2.38. The van der Waals surface area contributed by atoms with Crippen LogP contribution in [-0.2, 0) is 6.42 Å². The highest BCUT2D eigenvalue weighted by molar-refractivity contribution is 5.45. The Balaban J connectivity index is 1.92. The molecule has 1 heterocycles. The molecular formula is C14H14F2N2O. The lowest BCUT2D eigenvalue weighted by molar-refractivity contribution is 0.398. The van der Waals surface area contributed by atoms with E-state index in [2.05, 4.69) is 10.3 Å². The zero-order chi connectivity index (χ0) is 13.7. The van der Waals surface area contributed by atoms with E-state index in [1.165, 1.54) is 12.1 Å². The van der Waals surface area contributed by atoms with Crippen molar-refractivity contribution in [3.63, 3.8) is 0 Å². The van der Waals surface area contributed by atoms with E-state index in [4.69, 9.17) is 4.74 Å². The van der Waals surface area contributed by atoms with Gasteiger partial charge in [0.2, 0.25) is 5.88 Å². The van der Waals surface area contributed by atoms with Crippen molar-refractivity contribution in [1.29, 1.82) is 0 Å². The molecule has 0 aliphatic rings. The van der Waals surface area contributed by atoms with Gasteiger partial charge < -0.3 is 10.1 Å². The third kappa shape index (κ3) is 3.91. The fourth-order valence-electron chi connectivity index (χ4n) is 1.74. The van der Waals surface area contributed by atoms with E-state index in [1.807, 2.05) is 0 Å². The van der Waals surface area contributed by atoms with Crippen LogP contribution in [0.1, 0.15) is 5.56 Å². The first-order chi connectivity index (χ1) is 9.17. The maximum Gasteiger partial charge on any atom is 0.214 e. The number of halogens is 2. The highest BCUT2D eigenvalue weighted by Gasteiger charge is 2.01. The van der Waals surface area contributed by atoms with Crippen LogP contribution in [0, 0.1) is 11.6 Å². The van der Waals surface area contributed by atoms with Crippen molar-refractivity contribution in [2.24, 2.45) is 0 Å². The lowest BCUT2D eigenvalue weighted by Crippen LogP contribution is -2.05. The number of ether oxygens (including phenoxy) is 1. The Labute approximate surface area is 110 Å². The molecule has 0 amide bonds. The molecule has 1 aromatic heterocycles. The third-order valence-electron chi connectivity index (χ3n) is 2.61. The largest absolute Gasteiger partial charge is 0.481 e. The van der Waals surface area contributed by atoms with Crippen LogP contribution in [0.15, 0.2) is 36.5 Å². The maximum atomic E-state index is 13.0. The standard InChI is InChI=1S/C14H14F2N2O/c1-19-14-9-13(3-5-18-14)17-4-2-10-6-11(15)8-12(16)7-10/h3,5-9H,2,4H2,1H3,(H,17,18). The summed E-state index contributed by atoms with van der Waals surface area (Å²) in [5.74, 6) is -0.594. The number of pyridine rings is 1. The van der Waals surface area contributed by atoms with Crippen molar-refractivity contribution in [3.05, 3.63) is 53.7 Å².